The van der Waals surface area contributed by atoms with Gasteiger partial charge in [-0.05, 0) is 31.5 Å². The summed E-state index contributed by atoms with van der Waals surface area (Å²) in [6, 6.07) is 4.89. The van der Waals surface area contributed by atoms with Crippen LogP contribution in [0.15, 0.2) is 18.2 Å². The standard InChI is InChI=1S/C13H16FN3/c1-3-12-8(2)16-13(17-12)9-4-5-11(14)10(6-9)7-15/h4-6H,3,7,15H2,1-2H3,(H,16,17). The first kappa shape index (κ1) is 11.8. The fourth-order valence-electron chi connectivity index (χ4n) is 1.86. The molecule has 0 saturated carbocycles. The molecule has 0 bridgehead atoms. The Morgan fingerprint density at radius 1 is 1.41 bits per heavy atom. The van der Waals surface area contributed by atoms with Crippen molar-refractivity contribution in [2.75, 3.05) is 0 Å². The van der Waals surface area contributed by atoms with Crippen molar-refractivity contribution in [3.8, 4) is 11.4 Å². The van der Waals surface area contributed by atoms with Crippen LogP contribution in [0.3, 0.4) is 0 Å². The van der Waals surface area contributed by atoms with E-state index in [1.54, 1.807) is 12.1 Å². The fourth-order valence-corrected chi connectivity index (χ4v) is 1.86. The van der Waals surface area contributed by atoms with Gasteiger partial charge in [0.25, 0.3) is 0 Å². The van der Waals surface area contributed by atoms with Crippen molar-refractivity contribution in [3.63, 3.8) is 0 Å². The van der Waals surface area contributed by atoms with Gasteiger partial charge < -0.3 is 10.7 Å². The molecule has 1 heterocycles. The van der Waals surface area contributed by atoms with Gasteiger partial charge in [0.05, 0.1) is 5.69 Å². The van der Waals surface area contributed by atoms with Crippen molar-refractivity contribution in [1.29, 1.82) is 0 Å². The van der Waals surface area contributed by atoms with Crippen LogP contribution in [0.2, 0.25) is 0 Å². The Balaban J connectivity index is 2.45. The van der Waals surface area contributed by atoms with Crippen molar-refractivity contribution in [2.45, 2.75) is 26.8 Å². The number of nitrogens with zero attached hydrogens (tertiary/aromatic N) is 1. The predicted molar refractivity (Wildman–Crippen MR) is 66.0 cm³/mol. The fraction of sp³-hybridized carbons (Fsp3) is 0.308. The van der Waals surface area contributed by atoms with Crippen LogP contribution in [0, 0.1) is 12.7 Å². The molecule has 4 heteroatoms. The SMILES string of the molecule is CCc1nc(-c2ccc(F)c(CN)c2)[nH]c1C. The van der Waals surface area contributed by atoms with Crippen LogP contribution < -0.4 is 5.73 Å². The van der Waals surface area contributed by atoms with E-state index in [9.17, 15) is 4.39 Å². The molecular weight excluding hydrogens is 217 g/mol. The molecule has 2 aromatic rings. The second-order valence-electron chi connectivity index (χ2n) is 4.02. The number of aryl methyl sites for hydroxylation is 2. The summed E-state index contributed by atoms with van der Waals surface area (Å²) >= 11 is 0. The average Bonchev–Trinajstić information content (AvgIpc) is 2.71. The maximum Gasteiger partial charge on any atom is 0.137 e. The van der Waals surface area contributed by atoms with Crippen molar-refractivity contribution in [3.05, 3.63) is 41.0 Å². The molecule has 90 valence electrons. The zero-order chi connectivity index (χ0) is 12.4. The summed E-state index contributed by atoms with van der Waals surface area (Å²) in [5, 5.41) is 0. The minimum Gasteiger partial charge on any atom is -0.342 e. The topological polar surface area (TPSA) is 54.7 Å². The first-order chi connectivity index (χ1) is 8.15. The molecule has 0 aliphatic heterocycles. The van der Waals surface area contributed by atoms with E-state index in [-0.39, 0.29) is 12.4 Å². The summed E-state index contributed by atoms with van der Waals surface area (Å²) in [5.41, 5.74) is 8.96. The third kappa shape index (κ3) is 2.22. The van der Waals surface area contributed by atoms with Gasteiger partial charge >= 0.3 is 0 Å². The number of imidazole rings is 1. The summed E-state index contributed by atoms with van der Waals surface area (Å²) in [7, 11) is 0. The number of benzene rings is 1. The summed E-state index contributed by atoms with van der Waals surface area (Å²) in [4.78, 5) is 7.69. The molecule has 1 aromatic heterocycles. The molecule has 0 amide bonds. The Labute approximate surface area is 99.9 Å². The number of hydrogen-bond acceptors (Lipinski definition) is 2. The number of nitrogens with two attached hydrogens (primary N) is 1. The summed E-state index contributed by atoms with van der Waals surface area (Å²) in [6.45, 7) is 4.24. The van der Waals surface area contributed by atoms with Crippen molar-refractivity contribution < 1.29 is 4.39 Å². The second-order valence-corrected chi connectivity index (χ2v) is 4.02. The second kappa shape index (κ2) is 4.67. The Bertz CT molecular complexity index is 531. The number of halogens is 1. The van der Waals surface area contributed by atoms with Gasteiger partial charge in [0.1, 0.15) is 11.6 Å². The van der Waals surface area contributed by atoms with E-state index in [1.807, 2.05) is 6.92 Å². The lowest BCUT2D eigenvalue weighted by molar-refractivity contribution is 0.611. The summed E-state index contributed by atoms with van der Waals surface area (Å²) in [5.74, 6) is 0.504. The molecule has 2 rings (SSSR count). The van der Waals surface area contributed by atoms with E-state index in [0.29, 0.717) is 5.56 Å². The molecule has 0 aliphatic rings. The Hall–Kier alpha value is -1.68. The highest BCUT2D eigenvalue weighted by Crippen LogP contribution is 2.21. The highest BCUT2D eigenvalue weighted by atomic mass is 19.1. The minimum absolute atomic E-state index is 0.194. The third-order valence-corrected chi connectivity index (χ3v) is 2.86. The van der Waals surface area contributed by atoms with Gasteiger partial charge in [0.15, 0.2) is 0 Å². The number of nitrogens with one attached hydrogen (secondary N) is 1. The van der Waals surface area contributed by atoms with Crippen molar-refractivity contribution in [2.24, 2.45) is 5.73 Å². The van der Waals surface area contributed by atoms with E-state index in [1.165, 1.54) is 6.07 Å². The molecule has 0 unspecified atom stereocenters. The summed E-state index contributed by atoms with van der Waals surface area (Å²) < 4.78 is 13.3. The zero-order valence-electron chi connectivity index (χ0n) is 10.0. The van der Waals surface area contributed by atoms with Crippen LogP contribution >= 0.6 is 0 Å². The number of hydrogen-bond donors (Lipinski definition) is 2. The van der Waals surface area contributed by atoms with Crippen LogP contribution in [0.25, 0.3) is 11.4 Å². The molecule has 3 N–H and O–H groups in total. The van der Waals surface area contributed by atoms with Gasteiger partial charge in [-0.15, -0.1) is 0 Å². The van der Waals surface area contributed by atoms with Crippen molar-refractivity contribution in [1.82, 2.24) is 9.97 Å². The van der Waals surface area contributed by atoms with E-state index in [4.69, 9.17) is 5.73 Å². The van der Waals surface area contributed by atoms with Crippen LogP contribution in [0.1, 0.15) is 23.9 Å². The van der Waals surface area contributed by atoms with Gasteiger partial charge in [0.2, 0.25) is 0 Å². The largest absolute Gasteiger partial charge is 0.342 e. The highest BCUT2D eigenvalue weighted by Gasteiger charge is 2.09. The predicted octanol–water partition coefficient (Wildman–Crippen LogP) is 2.55. The van der Waals surface area contributed by atoms with Gasteiger partial charge in [0, 0.05) is 23.4 Å². The monoisotopic (exact) mass is 233 g/mol. The minimum atomic E-state index is -0.268. The summed E-state index contributed by atoms with van der Waals surface area (Å²) in [6.07, 6.45) is 0.882. The van der Waals surface area contributed by atoms with Gasteiger partial charge in [-0.2, -0.15) is 0 Å². The van der Waals surface area contributed by atoms with E-state index in [2.05, 4.69) is 16.9 Å². The molecule has 1 aromatic carbocycles. The van der Waals surface area contributed by atoms with Gasteiger partial charge in [-0.1, -0.05) is 6.92 Å². The first-order valence-corrected chi connectivity index (χ1v) is 5.70. The molecule has 3 nitrogen and oxygen atoms in total. The van der Waals surface area contributed by atoms with Gasteiger partial charge in [-0.25, -0.2) is 9.37 Å². The maximum atomic E-state index is 13.3. The molecule has 0 aliphatic carbocycles. The highest BCUT2D eigenvalue weighted by molar-refractivity contribution is 5.57. The Morgan fingerprint density at radius 3 is 2.76 bits per heavy atom. The number of rotatable bonds is 3. The molecule has 0 saturated heterocycles. The first-order valence-electron chi connectivity index (χ1n) is 5.70. The molecule has 17 heavy (non-hydrogen) atoms. The maximum absolute atomic E-state index is 13.3. The van der Waals surface area contributed by atoms with E-state index in [0.717, 1.165) is 29.2 Å². The third-order valence-electron chi connectivity index (χ3n) is 2.86. The molecule has 0 atom stereocenters. The smallest absolute Gasteiger partial charge is 0.137 e. The van der Waals surface area contributed by atoms with Crippen LogP contribution in [0.5, 0.6) is 0 Å². The normalized spacial score (nSPS) is 10.8. The lowest BCUT2D eigenvalue weighted by Gasteiger charge is -2.02. The van der Waals surface area contributed by atoms with Crippen molar-refractivity contribution >= 4 is 0 Å². The molecular formula is C13H16FN3. The number of H-pyrrole nitrogens is 1. The lowest BCUT2D eigenvalue weighted by atomic mass is 10.1. The van der Waals surface area contributed by atoms with E-state index >= 15 is 0 Å². The van der Waals surface area contributed by atoms with E-state index < -0.39 is 0 Å². The zero-order valence-corrected chi connectivity index (χ0v) is 10.0. The van der Waals surface area contributed by atoms with Crippen LogP contribution in [-0.2, 0) is 13.0 Å². The lowest BCUT2D eigenvalue weighted by Crippen LogP contribution is -2.00. The van der Waals surface area contributed by atoms with Crippen LogP contribution in [0.4, 0.5) is 4.39 Å². The molecule has 0 fully saturated rings. The average molecular weight is 233 g/mol. The van der Waals surface area contributed by atoms with Crippen LogP contribution in [-0.4, -0.2) is 9.97 Å². The molecule has 0 spiro atoms. The Morgan fingerprint density at radius 2 is 2.18 bits per heavy atom. The number of aromatic amines is 1. The molecule has 0 radical (unpaired) electrons. The number of aromatic nitrogens is 2. The quantitative estimate of drug-likeness (QED) is 0.856. The Kier molecular flexibility index (Phi) is 3.24. The van der Waals surface area contributed by atoms with Gasteiger partial charge in [-0.3, -0.25) is 0 Å².